The van der Waals surface area contributed by atoms with E-state index in [0.29, 0.717) is 12.2 Å². The number of carboxylic acids is 1. The molecule has 2 heterocycles. The molecule has 0 spiro atoms. The van der Waals surface area contributed by atoms with Crippen molar-refractivity contribution in [3.63, 3.8) is 0 Å². The van der Waals surface area contributed by atoms with Gasteiger partial charge in [0.25, 0.3) is 0 Å². The lowest BCUT2D eigenvalue weighted by atomic mass is 10.0. The molecule has 0 unspecified atom stereocenters. The zero-order chi connectivity index (χ0) is 12.9. The fraction of sp³-hybridized carbons (Fsp3) is 0.214. The van der Waals surface area contributed by atoms with E-state index in [2.05, 4.69) is 13.8 Å². The van der Waals surface area contributed by atoms with Gasteiger partial charge in [-0.2, -0.15) is 0 Å². The summed E-state index contributed by atoms with van der Waals surface area (Å²) >= 11 is 1.71. The van der Waals surface area contributed by atoms with E-state index in [1.165, 1.54) is 16.0 Å². The first-order valence-corrected chi connectivity index (χ1v) is 6.49. The highest BCUT2D eigenvalue weighted by Gasteiger charge is 2.23. The number of aryl methyl sites for hydroxylation is 1. The van der Waals surface area contributed by atoms with Crippen molar-refractivity contribution < 1.29 is 14.6 Å². The third-order valence-electron chi connectivity index (χ3n) is 3.35. The molecular formula is C14H12O3S. The SMILES string of the molecule is Cc1sc2c(c1C)COc1ccc(C(=O)O)cc1-2. The Hall–Kier alpha value is -1.81. The van der Waals surface area contributed by atoms with Gasteiger partial charge in [0, 0.05) is 20.9 Å². The van der Waals surface area contributed by atoms with Gasteiger partial charge in [0.2, 0.25) is 0 Å². The predicted octanol–water partition coefficient (Wildman–Crippen LogP) is 3.62. The zero-order valence-corrected chi connectivity index (χ0v) is 10.9. The molecule has 18 heavy (non-hydrogen) atoms. The number of benzene rings is 1. The molecule has 1 N–H and O–H groups in total. The van der Waals surface area contributed by atoms with Crippen LogP contribution in [-0.4, -0.2) is 11.1 Å². The van der Waals surface area contributed by atoms with Crippen molar-refractivity contribution in [1.29, 1.82) is 0 Å². The molecule has 3 nitrogen and oxygen atoms in total. The van der Waals surface area contributed by atoms with Crippen molar-refractivity contribution in [2.45, 2.75) is 20.5 Å². The van der Waals surface area contributed by atoms with E-state index in [1.54, 1.807) is 29.5 Å². The van der Waals surface area contributed by atoms with Crippen LogP contribution in [0.3, 0.4) is 0 Å². The van der Waals surface area contributed by atoms with Crippen LogP contribution in [0, 0.1) is 13.8 Å². The van der Waals surface area contributed by atoms with Gasteiger partial charge in [-0.1, -0.05) is 0 Å². The van der Waals surface area contributed by atoms with Crippen molar-refractivity contribution in [3.8, 4) is 16.2 Å². The van der Waals surface area contributed by atoms with E-state index in [-0.39, 0.29) is 0 Å². The Labute approximate surface area is 109 Å². The van der Waals surface area contributed by atoms with Crippen LogP contribution in [0.2, 0.25) is 0 Å². The largest absolute Gasteiger partial charge is 0.488 e. The molecule has 1 aliphatic heterocycles. The fourth-order valence-electron chi connectivity index (χ4n) is 2.18. The molecule has 1 aromatic carbocycles. The topological polar surface area (TPSA) is 46.5 Å². The molecule has 0 bridgehead atoms. The van der Waals surface area contributed by atoms with E-state index < -0.39 is 5.97 Å². The Balaban J connectivity index is 2.24. The first kappa shape index (κ1) is 11.3. The van der Waals surface area contributed by atoms with Crippen molar-refractivity contribution in [2.24, 2.45) is 0 Å². The lowest BCUT2D eigenvalue weighted by Gasteiger charge is -2.18. The molecule has 3 rings (SSSR count). The van der Waals surface area contributed by atoms with Gasteiger partial charge in [-0.25, -0.2) is 4.79 Å². The molecule has 0 aliphatic carbocycles. The Kier molecular flexibility index (Phi) is 2.41. The number of carboxylic acid groups (broad SMARTS) is 1. The molecule has 2 aromatic rings. The molecule has 1 aliphatic rings. The first-order valence-electron chi connectivity index (χ1n) is 5.67. The maximum absolute atomic E-state index is 11.0. The number of hydrogen-bond acceptors (Lipinski definition) is 3. The van der Waals surface area contributed by atoms with Crippen molar-refractivity contribution in [2.75, 3.05) is 0 Å². The maximum Gasteiger partial charge on any atom is 0.335 e. The minimum atomic E-state index is -0.907. The van der Waals surface area contributed by atoms with E-state index >= 15 is 0 Å². The van der Waals surface area contributed by atoms with Crippen LogP contribution in [0.15, 0.2) is 18.2 Å². The van der Waals surface area contributed by atoms with Gasteiger partial charge in [0.15, 0.2) is 0 Å². The standard InChI is InChI=1S/C14H12O3S/c1-7-8(2)18-13-10-5-9(14(15)16)3-4-12(10)17-6-11(7)13/h3-5H,6H2,1-2H3,(H,15,16). The van der Waals surface area contributed by atoms with Gasteiger partial charge in [-0.05, 0) is 37.6 Å². The first-order chi connectivity index (χ1) is 8.58. The lowest BCUT2D eigenvalue weighted by molar-refractivity contribution is 0.0697. The molecule has 0 saturated carbocycles. The summed E-state index contributed by atoms with van der Waals surface area (Å²) in [6.45, 7) is 4.74. The monoisotopic (exact) mass is 260 g/mol. The Morgan fingerprint density at radius 1 is 1.39 bits per heavy atom. The van der Waals surface area contributed by atoms with Crippen LogP contribution in [0.1, 0.15) is 26.4 Å². The molecular weight excluding hydrogens is 248 g/mol. The molecule has 0 atom stereocenters. The van der Waals surface area contributed by atoms with Crippen LogP contribution in [0.25, 0.3) is 10.4 Å². The summed E-state index contributed by atoms with van der Waals surface area (Å²) < 4.78 is 5.69. The van der Waals surface area contributed by atoms with Crippen molar-refractivity contribution >= 4 is 17.3 Å². The van der Waals surface area contributed by atoms with Gasteiger partial charge in [-0.3, -0.25) is 0 Å². The summed E-state index contributed by atoms with van der Waals surface area (Å²) in [5.41, 5.74) is 3.64. The normalized spacial score (nSPS) is 12.6. The van der Waals surface area contributed by atoms with E-state index in [1.807, 2.05) is 0 Å². The third-order valence-corrected chi connectivity index (χ3v) is 4.64. The number of aromatic carboxylic acids is 1. The predicted molar refractivity (Wildman–Crippen MR) is 70.5 cm³/mol. The molecule has 92 valence electrons. The highest BCUT2D eigenvalue weighted by Crippen LogP contribution is 2.44. The lowest BCUT2D eigenvalue weighted by Crippen LogP contribution is -2.06. The fourth-order valence-corrected chi connectivity index (χ4v) is 3.37. The Morgan fingerprint density at radius 3 is 2.89 bits per heavy atom. The highest BCUT2D eigenvalue weighted by molar-refractivity contribution is 7.15. The molecule has 1 aromatic heterocycles. The Morgan fingerprint density at radius 2 is 2.17 bits per heavy atom. The van der Waals surface area contributed by atoms with Crippen LogP contribution in [0.5, 0.6) is 5.75 Å². The minimum absolute atomic E-state index is 0.300. The second-order valence-corrected chi connectivity index (χ2v) is 5.62. The van der Waals surface area contributed by atoms with Gasteiger partial charge < -0.3 is 9.84 Å². The number of thiophene rings is 1. The second kappa shape index (κ2) is 3.85. The van der Waals surface area contributed by atoms with Gasteiger partial charge in [0.1, 0.15) is 12.4 Å². The molecule has 4 heteroatoms. The summed E-state index contributed by atoms with van der Waals surface area (Å²) in [6.07, 6.45) is 0. The van der Waals surface area contributed by atoms with Crippen LogP contribution in [-0.2, 0) is 6.61 Å². The number of carbonyl (C=O) groups is 1. The average molecular weight is 260 g/mol. The van der Waals surface area contributed by atoms with E-state index in [0.717, 1.165) is 16.2 Å². The summed E-state index contributed by atoms with van der Waals surface area (Å²) in [6, 6.07) is 5.02. The molecule has 0 radical (unpaired) electrons. The van der Waals surface area contributed by atoms with Crippen LogP contribution in [0.4, 0.5) is 0 Å². The van der Waals surface area contributed by atoms with Gasteiger partial charge in [-0.15, -0.1) is 11.3 Å². The maximum atomic E-state index is 11.0. The van der Waals surface area contributed by atoms with Crippen molar-refractivity contribution in [1.82, 2.24) is 0 Å². The quantitative estimate of drug-likeness (QED) is 0.851. The van der Waals surface area contributed by atoms with E-state index in [4.69, 9.17) is 9.84 Å². The Bertz CT molecular complexity index is 655. The summed E-state index contributed by atoms with van der Waals surface area (Å²) in [4.78, 5) is 13.4. The summed E-state index contributed by atoms with van der Waals surface area (Å²) in [5.74, 6) is -0.135. The van der Waals surface area contributed by atoms with Gasteiger partial charge >= 0.3 is 5.97 Å². The highest BCUT2D eigenvalue weighted by atomic mass is 32.1. The number of ether oxygens (including phenoxy) is 1. The van der Waals surface area contributed by atoms with Crippen LogP contribution >= 0.6 is 11.3 Å². The summed E-state index contributed by atoms with van der Waals surface area (Å²) in [7, 11) is 0. The molecule has 0 amide bonds. The molecule has 0 saturated heterocycles. The van der Waals surface area contributed by atoms with Crippen LogP contribution < -0.4 is 4.74 Å². The molecule has 0 fully saturated rings. The minimum Gasteiger partial charge on any atom is -0.488 e. The van der Waals surface area contributed by atoms with Crippen molar-refractivity contribution in [3.05, 3.63) is 39.8 Å². The third kappa shape index (κ3) is 1.53. The average Bonchev–Trinajstić information content (AvgIpc) is 2.65. The zero-order valence-electron chi connectivity index (χ0n) is 10.1. The number of rotatable bonds is 1. The number of fused-ring (bicyclic) bond motifs is 3. The second-order valence-electron chi connectivity index (χ2n) is 4.40. The van der Waals surface area contributed by atoms with Gasteiger partial charge in [0.05, 0.1) is 5.56 Å². The van der Waals surface area contributed by atoms with E-state index in [9.17, 15) is 4.79 Å². The smallest absolute Gasteiger partial charge is 0.335 e. The summed E-state index contributed by atoms with van der Waals surface area (Å²) in [5, 5.41) is 9.06. The number of hydrogen-bond donors (Lipinski definition) is 1.